The number of carbonyl (C=O) groups excluding carboxylic acids is 2. The highest BCUT2D eigenvalue weighted by molar-refractivity contribution is 5.90. The van der Waals surface area contributed by atoms with Crippen LogP contribution in [-0.4, -0.2) is 19.0 Å². The molecule has 1 amide bonds. The van der Waals surface area contributed by atoms with E-state index in [1.807, 2.05) is 68.4 Å². The quantitative estimate of drug-likeness (QED) is 0.756. The van der Waals surface area contributed by atoms with Crippen molar-refractivity contribution >= 4 is 17.6 Å². The second-order valence-corrected chi connectivity index (χ2v) is 5.78. The molecule has 0 aromatic heterocycles. The molecule has 0 radical (unpaired) electrons. The number of amides is 1. The van der Waals surface area contributed by atoms with Gasteiger partial charge in [0.05, 0.1) is 7.11 Å². The lowest BCUT2D eigenvalue weighted by molar-refractivity contribution is -0.143. The number of methoxy groups -OCH3 is 1. The van der Waals surface area contributed by atoms with Crippen molar-refractivity contribution in [1.82, 2.24) is 5.32 Å². The summed E-state index contributed by atoms with van der Waals surface area (Å²) in [6.45, 7) is 3.80. The zero-order chi connectivity index (χ0) is 18.2. The maximum absolute atomic E-state index is 12.2. The van der Waals surface area contributed by atoms with Crippen LogP contribution in [0.25, 0.3) is 0 Å². The van der Waals surface area contributed by atoms with Crippen molar-refractivity contribution in [3.63, 3.8) is 0 Å². The average molecular weight is 340 g/mol. The maximum atomic E-state index is 12.2. The number of ether oxygens (including phenoxy) is 1. The molecule has 0 aliphatic carbocycles. The fourth-order valence-corrected chi connectivity index (χ4v) is 2.51. The van der Waals surface area contributed by atoms with E-state index >= 15 is 0 Å². The Bertz CT molecular complexity index is 699. The Hall–Kier alpha value is -2.66. The highest BCUT2D eigenvalue weighted by atomic mass is 16.5. The van der Waals surface area contributed by atoms with Gasteiger partial charge in [-0.05, 0) is 30.2 Å². The molecule has 2 aromatic rings. The molecule has 0 saturated heterocycles. The van der Waals surface area contributed by atoms with Gasteiger partial charge in [0.1, 0.15) is 6.04 Å². The van der Waals surface area contributed by atoms with Gasteiger partial charge in [-0.1, -0.05) is 49.4 Å². The van der Waals surface area contributed by atoms with E-state index in [-0.39, 0.29) is 17.9 Å². The molecule has 2 aromatic carbocycles. The van der Waals surface area contributed by atoms with E-state index in [1.165, 1.54) is 7.11 Å². The smallest absolute Gasteiger partial charge is 0.327 e. The van der Waals surface area contributed by atoms with Gasteiger partial charge < -0.3 is 10.1 Å². The fourth-order valence-electron chi connectivity index (χ4n) is 2.51. The number of benzene rings is 2. The first-order valence-electron chi connectivity index (χ1n) is 8.33. The summed E-state index contributed by atoms with van der Waals surface area (Å²) in [7, 11) is 1.38. The summed E-state index contributed by atoms with van der Waals surface area (Å²) in [4.78, 5) is 23.6. The van der Waals surface area contributed by atoms with Gasteiger partial charge in [0.25, 0.3) is 0 Å². The van der Waals surface area contributed by atoms with E-state index in [0.717, 1.165) is 16.8 Å². The number of carbonyl (C=O) groups is 2. The molecule has 2 unspecified atom stereocenters. The van der Waals surface area contributed by atoms with Gasteiger partial charge in [-0.25, -0.2) is 4.79 Å². The molecule has 2 rings (SSSR count). The van der Waals surface area contributed by atoms with Crippen molar-refractivity contribution in [3.8, 4) is 0 Å². The van der Waals surface area contributed by atoms with E-state index in [4.69, 9.17) is 4.74 Å². The van der Waals surface area contributed by atoms with Gasteiger partial charge in [-0.2, -0.15) is 0 Å². The van der Waals surface area contributed by atoms with Crippen molar-refractivity contribution in [2.24, 2.45) is 0 Å². The second-order valence-electron chi connectivity index (χ2n) is 5.78. The molecular weight excluding hydrogens is 316 g/mol. The van der Waals surface area contributed by atoms with Crippen LogP contribution < -0.4 is 10.6 Å². The van der Waals surface area contributed by atoms with E-state index < -0.39 is 6.04 Å². The van der Waals surface area contributed by atoms with E-state index in [2.05, 4.69) is 10.6 Å². The average Bonchev–Trinajstić information content (AvgIpc) is 2.66. The standard InChI is InChI=1S/C20H24N2O3/c1-4-18(23)22-17-12-10-15(11-13-17)14(2)21-19(20(24)25-3)16-8-6-5-7-9-16/h5-14,19,21H,4H2,1-3H3,(H,22,23). The van der Waals surface area contributed by atoms with Crippen LogP contribution in [0.5, 0.6) is 0 Å². The molecule has 0 fully saturated rings. The summed E-state index contributed by atoms with van der Waals surface area (Å²) in [5.41, 5.74) is 2.63. The molecule has 2 N–H and O–H groups in total. The molecular formula is C20H24N2O3. The lowest BCUT2D eigenvalue weighted by Crippen LogP contribution is -2.31. The predicted octanol–water partition coefficient (Wildman–Crippen LogP) is 3.60. The van der Waals surface area contributed by atoms with Crippen LogP contribution in [-0.2, 0) is 14.3 Å². The van der Waals surface area contributed by atoms with Crippen molar-refractivity contribution in [3.05, 3.63) is 65.7 Å². The summed E-state index contributed by atoms with van der Waals surface area (Å²) in [6, 6.07) is 16.4. The van der Waals surface area contributed by atoms with Gasteiger partial charge in [0.2, 0.25) is 5.91 Å². The van der Waals surface area contributed by atoms with Gasteiger partial charge in [0, 0.05) is 18.2 Å². The Kier molecular flexibility index (Phi) is 6.71. The summed E-state index contributed by atoms with van der Waals surface area (Å²) < 4.78 is 4.93. The zero-order valence-corrected chi connectivity index (χ0v) is 14.8. The minimum Gasteiger partial charge on any atom is -0.468 e. The summed E-state index contributed by atoms with van der Waals surface area (Å²) in [5.74, 6) is -0.348. The number of hydrogen-bond donors (Lipinski definition) is 2. The molecule has 0 aliphatic heterocycles. The number of esters is 1. The minimum atomic E-state index is -0.541. The summed E-state index contributed by atoms with van der Waals surface area (Å²) in [5, 5.41) is 6.13. The Morgan fingerprint density at radius 1 is 1.00 bits per heavy atom. The van der Waals surface area contributed by atoms with Crippen LogP contribution in [0.15, 0.2) is 54.6 Å². The third-order valence-electron chi connectivity index (χ3n) is 4.00. The lowest BCUT2D eigenvalue weighted by atomic mass is 10.0. The molecule has 5 heteroatoms. The monoisotopic (exact) mass is 340 g/mol. The molecule has 2 atom stereocenters. The van der Waals surface area contributed by atoms with Crippen LogP contribution in [0.3, 0.4) is 0 Å². The largest absolute Gasteiger partial charge is 0.468 e. The number of rotatable bonds is 7. The topological polar surface area (TPSA) is 67.4 Å². The summed E-state index contributed by atoms with van der Waals surface area (Å²) in [6.07, 6.45) is 0.442. The number of anilines is 1. The molecule has 0 saturated carbocycles. The number of hydrogen-bond acceptors (Lipinski definition) is 4. The van der Waals surface area contributed by atoms with Gasteiger partial charge in [-0.15, -0.1) is 0 Å². The van der Waals surface area contributed by atoms with Crippen molar-refractivity contribution in [1.29, 1.82) is 0 Å². The molecule has 0 bridgehead atoms. The molecule has 132 valence electrons. The van der Waals surface area contributed by atoms with Crippen LogP contribution in [0, 0.1) is 0 Å². The van der Waals surface area contributed by atoms with Crippen molar-refractivity contribution < 1.29 is 14.3 Å². The highest BCUT2D eigenvalue weighted by Gasteiger charge is 2.23. The first-order chi connectivity index (χ1) is 12.0. The Labute approximate surface area is 148 Å². The SMILES string of the molecule is CCC(=O)Nc1ccc(C(C)NC(C(=O)OC)c2ccccc2)cc1. The molecule has 0 aliphatic rings. The minimum absolute atomic E-state index is 0.0197. The number of nitrogens with one attached hydrogen (secondary N) is 2. The third-order valence-corrected chi connectivity index (χ3v) is 4.00. The van der Waals surface area contributed by atoms with E-state index in [0.29, 0.717) is 6.42 Å². The van der Waals surface area contributed by atoms with Crippen LogP contribution in [0.1, 0.15) is 43.5 Å². The van der Waals surface area contributed by atoms with Gasteiger partial charge in [-0.3, -0.25) is 10.1 Å². The van der Waals surface area contributed by atoms with E-state index in [1.54, 1.807) is 0 Å². The van der Waals surface area contributed by atoms with Crippen molar-refractivity contribution in [2.75, 3.05) is 12.4 Å². The van der Waals surface area contributed by atoms with E-state index in [9.17, 15) is 9.59 Å². The first-order valence-corrected chi connectivity index (χ1v) is 8.33. The normalized spacial score (nSPS) is 12.9. The molecule has 5 nitrogen and oxygen atoms in total. The maximum Gasteiger partial charge on any atom is 0.327 e. The van der Waals surface area contributed by atoms with Crippen LogP contribution in [0.4, 0.5) is 5.69 Å². The highest BCUT2D eigenvalue weighted by Crippen LogP contribution is 2.22. The van der Waals surface area contributed by atoms with Crippen LogP contribution in [0.2, 0.25) is 0 Å². The Balaban J connectivity index is 2.11. The Morgan fingerprint density at radius 3 is 2.20 bits per heavy atom. The van der Waals surface area contributed by atoms with Crippen LogP contribution >= 0.6 is 0 Å². The van der Waals surface area contributed by atoms with Gasteiger partial charge in [0.15, 0.2) is 0 Å². The summed E-state index contributed by atoms with van der Waals surface area (Å²) >= 11 is 0. The predicted molar refractivity (Wildman–Crippen MR) is 98.1 cm³/mol. The first kappa shape index (κ1) is 18.7. The zero-order valence-electron chi connectivity index (χ0n) is 14.8. The van der Waals surface area contributed by atoms with Gasteiger partial charge >= 0.3 is 5.97 Å². The third kappa shape index (κ3) is 5.16. The Morgan fingerprint density at radius 2 is 1.64 bits per heavy atom. The lowest BCUT2D eigenvalue weighted by Gasteiger charge is -2.22. The van der Waals surface area contributed by atoms with Crippen molar-refractivity contribution in [2.45, 2.75) is 32.4 Å². The fraction of sp³-hybridized carbons (Fsp3) is 0.300. The second kappa shape index (κ2) is 8.99. The molecule has 0 heterocycles. The molecule has 25 heavy (non-hydrogen) atoms. The molecule has 0 spiro atoms.